The molecule has 7 aromatic carbocycles. The molecule has 4 heteroatoms. The summed E-state index contributed by atoms with van der Waals surface area (Å²) in [6, 6.07) is 60.9. The maximum absolute atomic E-state index is 7.03. The summed E-state index contributed by atoms with van der Waals surface area (Å²) in [6.45, 7) is 0. The molecule has 0 amide bonds. The Balaban J connectivity index is 1.03. The highest BCUT2D eigenvalue weighted by Crippen LogP contribution is 2.65. The number of nitrogens with zero attached hydrogens (tertiary/aromatic N) is 2. The van der Waals surface area contributed by atoms with Crippen molar-refractivity contribution in [2.45, 2.75) is 11.3 Å². The van der Waals surface area contributed by atoms with Gasteiger partial charge in [0.1, 0.15) is 11.5 Å². The number of fused-ring (bicyclic) bond motifs is 12. The average molecular weight is 747 g/mol. The van der Waals surface area contributed by atoms with Crippen molar-refractivity contribution in [1.29, 1.82) is 0 Å². The van der Waals surface area contributed by atoms with Crippen molar-refractivity contribution < 1.29 is 4.74 Å². The molecule has 0 radical (unpaired) electrons. The number of aromatic nitrogens is 2. The van der Waals surface area contributed by atoms with Crippen LogP contribution in [0.15, 0.2) is 194 Å². The van der Waals surface area contributed by atoms with Gasteiger partial charge in [-0.1, -0.05) is 164 Å². The highest BCUT2D eigenvalue weighted by molar-refractivity contribution is 7.25. The van der Waals surface area contributed by atoms with Crippen molar-refractivity contribution in [2.24, 2.45) is 5.92 Å². The van der Waals surface area contributed by atoms with Crippen LogP contribution in [0.2, 0.25) is 0 Å². The Hall–Kier alpha value is -6.88. The van der Waals surface area contributed by atoms with Crippen LogP contribution in [0, 0.1) is 5.92 Å². The van der Waals surface area contributed by atoms with Gasteiger partial charge in [0.15, 0.2) is 5.82 Å². The van der Waals surface area contributed by atoms with Gasteiger partial charge in [0.2, 0.25) is 0 Å². The number of thiophene rings is 1. The van der Waals surface area contributed by atoms with Crippen LogP contribution in [0.4, 0.5) is 0 Å². The van der Waals surface area contributed by atoms with Gasteiger partial charge < -0.3 is 4.74 Å². The van der Waals surface area contributed by atoms with Crippen LogP contribution < -0.4 is 4.74 Å². The fraction of sp³-hybridized carbons (Fsp3) is 0.0566. The van der Waals surface area contributed by atoms with Crippen molar-refractivity contribution in [1.82, 2.24) is 9.97 Å². The minimum Gasteiger partial charge on any atom is -0.456 e. The normalized spacial score (nSPS) is 18.6. The van der Waals surface area contributed by atoms with Crippen LogP contribution >= 0.6 is 11.3 Å². The first-order chi connectivity index (χ1) is 28.2. The minimum absolute atomic E-state index is 0.216. The van der Waals surface area contributed by atoms with Gasteiger partial charge in [-0.05, 0) is 47.0 Å². The molecule has 268 valence electrons. The summed E-state index contributed by atoms with van der Waals surface area (Å²) in [7, 11) is 0. The molecule has 2 aliphatic carbocycles. The van der Waals surface area contributed by atoms with Gasteiger partial charge in [-0.15, -0.1) is 11.3 Å². The molecule has 0 fully saturated rings. The number of para-hydroxylation sites is 2. The summed E-state index contributed by atoms with van der Waals surface area (Å²) in [4.78, 5) is 10.4. The number of benzene rings is 7. The van der Waals surface area contributed by atoms with Gasteiger partial charge in [-0.2, -0.15) is 0 Å². The van der Waals surface area contributed by atoms with Crippen LogP contribution in [0.25, 0.3) is 65.2 Å². The smallest absolute Gasteiger partial charge is 0.160 e. The van der Waals surface area contributed by atoms with Crippen molar-refractivity contribution in [3.05, 3.63) is 216 Å². The second-order valence-electron chi connectivity index (χ2n) is 15.2. The molecule has 0 N–H and O–H groups in total. The average Bonchev–Trinajstić information content (AvgIpc) is 3.80. The zero-order chi connectivity index (χ0) is 37.5. The van der Waals surface area contributed by atoms with Crippen LogP contribution in [0.5, 0.6) is 11.5 Å². The van der Waals surface area contributed by atoms with E-state index in [0.717, 1.165) is 50.7 Å². The number of hydrogen-bond acceptors (Lipinski definition) is 4. The van der Waals surface area contributed by atoms with Gasteiger partial charge in [0, 0.05) is 65.4 Å². The molecule has 0 bridgehead atoms. The Labute approximate surface area is 334 Å². The monoisotopic (exact) mass is 746 g/mol. The van der Waals surface area contributed by atoms with Crippen LogP contribution in [0.1, 0.15) is 28.2 Å². The Kier molecular flexibility index (Phi) is 7.14. The summed E-state index contributed by atoms with van der Waals surface area (Å²) >= 11 is 1.83. The van der Waals surface area contributed by atoms with E-state index >= 15 is 0 Å². The van der Waals surface area contributed by atoms with E-state index in [2.05, 4.69) is 176 Å². The van der Waals surface area contributed by atoms with E-state index in [1.165, 1.54) is 42.4 Å². The predicted octanol–water partition coefficient (Wildman–Crippen LogP) is 13.8. The number of hydrogen-bond donors (Lipinski definition) is 0. The third-order valence-corrected chi connectivity index (χ3v) is 13.4. The predicted molar refractivity (Wildman–Crippen MR) is 234 cm³/mol. The molecule has 3 atom stereocenters. The van der Waals surface area contributed by atoms with Crippen LogP contribution in [0.3, 0.4) is 0 Å². The van der Waals surface area contributed by atoms with Gasteiger partial charge in [0.25, 0.3) is 0 Å². The van der Waals surface area contributed by atoms with Crippen LogP contribution in [-0.4, -0.2) is 9.97 Å². The minimum atomic E-state index is -0.401. The first-order valence-corrected chi connectivity index (χ1v) is 20.4. The molecule has 57 heavy (non-hydrogen) atoms. The Morgan fingerprint density at radius 1 is 0.491 bits per heavy atom. The second kappa shape index (κ2) is 12.6. The van der Waals surface area contributed by atoms with Gasteiger partial charge >= 0.3 is 0 Å². The first kappa shape index (κ1) is 32.4. The van der Waals surface area contributed by atoms with Crippen molar-refractivity contribution in [3.8, 4) is 56.5 Å². The zero-order valence-electron chi connectivity index (χ0n) is 30.8. The largest absolute Gasteiger partial charge is 0.456 e. The molecule has 2 aromatic heterocycles. The lowest BCUT2D eigenvalue weighted by Gasteiger charge is -2.43. The summed E-state index contributed by atoms with van der Waals surface area (Å²) in [5, 5.41) is 2.56. The molecule has 9 aromatic rings. The SMILES string of the molecule is C1=CC2c3ccccc3C3(c4ccccc4Oc4c(-c5cccc(-c6cc(-c7ccc8c(c7)sc7ccccc78)nc(-c7ccccc7)n6)c5)cccc43)C2C=C1. The fourth-order valence-electron chi connectivity index (χ4n) is 9.81. The fourth-order valence-corrected chi connectivity index (χ4v) is 11.0. The maximum atomic E-state index is 7.03. The number of ether oxygens (including phenoxy) is 1. The van der Waals surface area contributed by atoms with Crippen LogP contribution in [-0.2, 0) is 5.41 Å². The first-order valence-electron chi connectivity index (χ1n) is 19.6. The molecule has 0 saturated heterocycles. The van der Waals surface area contributed by atoms with E-state index in [0.29, 0.717) is 5.82 Å². The maximum Gasteiger partial charge on any atom is 0.160 e. The molecular formula is C53H34N2OS. The van der Waals surface area contributed by atoms with E-state index in [1.807, 2.05) is 29.5 Å². The third kappa shape index (κ3) is 4.84. The zero-order valence-corrected chi connectivity index (χ0v) is 31.7. The third-order valence-electron chi connectivity index (χ3n) is 12.2. The van der Waals surface area contributed by atoms with Crippen molar-refractivity contribution in [2.75, 3.05) is 0 Å². The van der Waals surface area contributed by atoms with Crippen molar-refractivity contribution in [3.63, 3.8) is 0 Å². The molecule has 3 heterocycles. The standard InChI is InChI=1S/C53H34N2OS/c1-2-14-33(15-3-1)52-54-46(32-47(55-52)36-28-29-41-40-20-6-11-27-49(40)57-50(41)31-36)35-17-12-16-34(30-35)37-21-13-25-45-51(37)56-48-26-10-9-24-44(48)53(45)42-22-7-4-18-38(42)39-19-5-8-23-43(39)53/h1-32,38,42H. The number of rotatable bonds is 4. The van der Waals surface area contributed by atoms with Crippen molar-refractivity contribution >= 4 is 31.5 Å². The summed E-state index contributed by atoms with van der Waals surface area (Å²) in [5.74, 6) is 3.02. The van der Waals surface area contributed by atoms with E-state index in [1.54, 1.807) is 0 Å². The lowest BCUT2D eigenvalue weighted by molar-refractivity contribution is 0.375. The second-order valence-corrected chi connectivity index (χ2v) is 16.3. The topological polar surface area (TPSA) is 35.0 Å². The lowest BCUT2D eigenvalue weighted by Crippen LogP contribution is -2.37. The molecule has 3 aliphatic rings. The van der Waals surface area contributed by atoms with Gasteiger partial charge in [-0.3, -0.25) is 0 Å². The van der Waals surface area contributed by atoms with Gasteiger partial charge in [-0.25, -0.2) is 9.97 Å². The van der Waals surface area contributed by atoms with Gasteiger partial charge in [0.05, 0.1) is 16.8 Å². The molecule has 0 saturated carbocycles. The molecule has 12 rings (SSSR count). The Morgan fingerprint density at radius 2 is 1.18 bits per heavy atom. The molecule has 3 unspecified atom stereocenters. The molecule has 1 aliphatic heterocycles. The van der Waals surface area contributed by atoms with E-state index in [4.69, 9.17) is 14.7 Å². The lowest BCUT2D eigenvalue weighted by atomic mass is 9.61. The van der Waals surface area contributed by atoms with E-state index in [-0.39, 0.29) is 11.8 Å². The highest BCUT2D eigenvalue weighted by Gasteiger charge is 2.56. The number of allylic oxidation sites excluding steroid dienone is 4. The Bertz CT molecular complexity index is 3140. The Morgan fingerprint density at radius 3 is 2.09 bits per heavy atom. The summed E-state index contributed by atoms with van der Waals surface area (Å²) in [6.07, 6.45) is 9.22. The quantitative estimate of drug-likeness (QED) is 0.180. The summed E-state index contributed by atoms with van der Waals surface area (Å²) in [5.41, 5.74) is 11.7. The molecule has 1 spiro atoms. The summed E-state index contributed by atoms with van der Waals surface area (Å²) < 4.78 is 9.58. The molecule has 3 nitrogen and oxygen atoms in total. The highest BCUT2D eigenvalue weighted by atomic mass is 32.1. The molecular weight excluding hydrogens is 713 g/mol. The van der Waals surface area contributed by atoms with E-state index < -0.39 is 5.41 Å². The van der Waals surface area contributed by atoms with E-state index in [9.17, 15) is 0 Å².